The van der Waals surface area contributed by atoms with Gasteiger partial charge in [-0.1, -0.05) is 11.6 Å². The zero-order valence-electron chi connectivity index (χ0n) is 8.04. The Balaban J connectivity index is 2.35. The minimum Gasteiger partial charge on any atom is -0.388 e. The van der Waals surface area contributed by atoms with Crippen LogP contribution in [0.5, 0.6) is 0 Å². The highest BCUT2D eigenvalue weighted by atomic mass is 35.5. The highest BCUT2D eigenvalue weighted by Crippen LogP contribution is 2.28. The maximum atomic E-state index is 11.4. The summed E-state index contributed by atoms with van der Waals surface area (Å²) in [6, 6.07) is 5.23. The van der Waals surface area contributed by atoms with Crippen molar-refractivity contribution in [1.82, 2.24) is 4.98 Å². The number of aromatic amines is 1. The molecule has 2 heterocycles. The fourth-order valence-corrected chi connectivity index (χ4v) is 2.08. The standard InChI is InChI=1S/C11H6ClNO3/c12-5-1-2-8-6(3-5)7-4-9(14)16-11(15)10(7)13-8/h1-3,13H,4H2. The van der Waals surface area contributed by atoms with Crippen LogP contribution >= 0.6 is 11.6 Å². The van der Waals surface area contributed by atoms with E-state index in [0.29, 0.717) is 16.3 Å². The van der Waals surface area contributed by atoms with Gasteiger partial charge >= 0.3 is 11.9 Å². The van der Waals surface area contributed by atoms with E-state index in [1.54, 1.807) is 18.2 Å². The summed E-state index contributed by atoms with van der Waals surface area (Å²) in [7, 11) is 0. The Labute approximate surface area is 95.2 Å². The number of hydrogen-bond acceptors (Lipinski definition) is 3. The molecule has 0 saturated carbocycles. The highest BCUT2D eigenvalue weighted by molar-refractivity contribution is 6.31. The third kappa shape index (κ3) is 1.23. The molecular weight excluding hydrogens is 230 g/mol. The number of carbonyl (C=O) groups excluding carboxylic acids is 2. The lowest BCUT2D eigenvalue weighted by Gasteiger charge is -2.09. The van der Waals surface area contributed by atoms with Crippen LogP contribution in [0, 0.1) is 0 Å². The summed E-state index contributed by atoms with van der Waals surface area (Å²) in [5, 5.41) is 1.37. The Morgan fingerprint density at radius 1 is 1.31 bits per heavy atom. The number of ether oxygens (including phenoxy) is 1. The number of rotatable bonds is 0. The van der Waals surface area contributed by atoms with Crippen molar-refractivity contribution in [2.24, 2.45) is 0 Å². The molecule has 0 aliphatic carbocycles. The van der Waals surface area contributed by atoms with Crippen LogP contribution in [-0.4, -0.2) is 16.9 Å². The number of fused-ring (bicyclic) bond motifs is 3. The number of cyclic esters (lactones) is 2. The van der Waals surface area contributed by atoms with E-state index < -0.39 is 11.9 Å². The van der Waals surface area contributed by atoms with Crippen LogP contribution in [0.2, 0.25) is 5.02 Å². The van der Waals surface area contributed by atoms with Gasteiger partial charge in [-0.05, 0) is 18.2 Å². The number of benzene rings is 1. The molecule has 0 saturated heterocycles. The van der Waals surface area contributed by atoms with Gasteiger partial charge in [-0.2, -0.15) is 0 Å². The van der Waals surface area contributed by atoms with Gasteiger partial charge in [0.2, 0.25) is 0 Å². The molecule has 80 valence electrons. The van der Waals surface area contributed by atoms with E-state index in [1.807, 2.05) is 0 Å². The first-order valence-corrected chi connectivity index (χ1v) is 5.08. The average Bonchev–Trinajstić information content (AvgIpc) is 2.57. The van der Waals surface area contributed by atoms with Gasteiger partial charge in [0.15, 0.2) is 0 Å². The van der Waals surface area contributed by atoms with Crippen molar-refractivity contribution in [3.63, 3.8) is 0 Å². The number of nitrogens with one attached hydrogen (secondary N) is 1. The van der Waals surface area contributed by atoms with Gasteiger partial charge < -0.3 is 9.72 Å². The third-order valence-electron chi connectivity index (χ3n) is 2.60. The van der Waals surface area contributed by atoms with Crippen LogP contribution in [0.25, 0.3) is 10.9 Å². The number of hydrogen-bond donors (Lipinski definition) is 1. The second kappa shape index (κ2) is 3.09. The molecule has 0 fully saturated rings. The summed E-state index contributed by atoms with van der Waals surface area (Å²) in [6.45, 7) is 0. The molecule has 2 aromatic rings. The van der Waals surface area contributed by atoms with E-state index in [1.165, 1.54) is 0 Å². The Morgan fingerprint density at radius 2 is 2.12 bits per heavy atom. The monoisotopic (exact) mass is 235 g/mol. The van der Waals surface area contributed by atoms with Crippen LogP contribution in [0.3, 0.4) is 0 Å². The molecule has 5 heteroatoms. The maximum Gasteiger partial charge on any atom is 0.362 e. The number of esters is 2. The number of H-pyrrole nitrogens is 1. The molecule has 0 unspecified atom stereocenters. The van der Waals surface area contributed by atoms with Crippen molar-refractivity contribution in [2.45, 2.75) is 6.42 Å². The Kier molecular flexibility index (Phi) is 1.82. The van der Waals surface area contributed by atoms with E-state index in [2.05, 4.69) is 9.72 Å². The smallest absolute Gasteiger partial charge is 0.362 e. The van der Waals surface area contributed by atoms with Gasteiger partial charge in [0.05, 0.1) is 6.42 Å². The highest BCUT2D eigenvalue weighted by Gasteiger charge is 2.28. The molecule has 1 N–H and O–H groups in total. The Morgan fingerprint density at radius 3 is 2.94 bits per heavy atom. The van der Waals surface area contributed by atoms with Gasteiger partial charge in [-0.15, -0.1) is 0 Å². The minimum atomic E-state index is -0.626. The largest absolute Gasteiger partial charge is 0.388 e. The maximum absolute atomic E-state index is 11.4. The van der Waals surface area contributed by atoms with Crippen molar-refractivity contribution in [3.05, 3.63) is 34.5 Å². The lowest BCUT2D eigenvalue weighted by atomic mass is 10.1. The quantitative estimate of drug-likeness (QED) is 0.562. The number of halogens is 1. The molecule has 16 heavy (non-hydrogen) atoms. The van der Waals surface area contributed by atoms with Crippen molar-refractivity contribution in [3.8, 4) is 0 Å². The van der Waals surface area contributed by atoms with Gasteiger partial charge in [-0.3, -0.25) is 4.79 Å². The van der Waals surface area contributed by atoms with Crippen LogP contribution < -0.4 is 0 Å². The van der Waals surface area contributed by atoms with Crippen molar-refractivity contribution >= 4 is 34.4 Å². The molecule has 0 atom stereocenters. The predicted octanol–water partition coefficient (Wildman–Crippen LogP) is 2.06. The lowest BCUT2D eigenvalue weighted by molar-refractivity contribution is -0.137. The molecule has 0 bridgehead atoms. The molecule has 1 aromatic heterocycles. The van der Waals surface area contributed by atoms with E-state index >= 15 is 0 Å². The minimum absolute atomic E-state index is 0.0986. The first-order chi connectivity index (χ1) is 7.65. The predicted molar refractivity (Wildman–Crippen MR) is 57.4 cm³/mol. The average molecular weight is 236 g/mol. The Bertz CT molecular complexity index is 629. The molecule has 3 rings (SSSR count). The molecule has 0 amide bonds. The fraction of sp³-hybridized carbons (Fsp3) is 0.0909. The first kappa shape index (κ1) is 9.42. The first-order valence-electron chi connectivity index (χ1n) is 4.70. The Hall–Kier alpha value is -1.81. The zero-order chi connectivity index (χ0) is 11.3. The lowest BCUT2D eigenvalue weighted by Crippen LogP contribution is -2.22. The van der Waals surface area contributed by atoms with Crippen LogP contribution in [0.4, 0.5) is 0 Å². The van der Waals surface area contributed by atoms with Gasteiger partial charge in [0.25, 0.3) is 0 Å². The van der Waals surface area contributed by atoms with Crippen molar-refractivity contribution in [2.75, 3.05) is 0 Å². The summed E-state index contributed by atoms with van der Waals surface area (Å²) in [5.41, 5.74) is 1.79. The van der Waals surface area contributed by atoms with Crippen LogP contribution in [-0.2, 0) is 16.0 Å². The SMILES string of the molecule is O=C1Cc2c([nH]c3ccc(Cl)cc23)C(=O)O1. The van der Waals surface area contributed by atoms with E-state index in [9.17, 15) is 9.59 Å². The summed E-state index contributed by atoms with van der Waals surface area (Å²) >= 11 is 5.88. The fourth-order valence-electron chi connectivity index (χ4n) is 1.91. The van der Waals surface area contributed by atoms with Crippen LogP contribution in [0.15, 0.2) is 18.2 Å². The van der Waals surface area contributed by atoms with Crippen molar-refractivity contribution < 1.29 is 14.3 Å². The second-order valence-electron chi connectivity index (χ2n) is 3.61. The molecule has 1 aromatic carbocycles. The van der Waals surface area contributed by atoms with E-state index in [4.69, 9.17) is 11.6 Å². The second-order valence-corrected chi connectivity index (χ2v) is 4.04. The van der Waals surface area contributed by atoms with Crippen LogP contribution in [0.1, 0.15) is 16.1 Å². The molecular formula is C11H6ClNO3. The van der Waals surface area contributed by atoms with Gasteiger partial charge in [0.1, 0.15) is 5.69 Å². The summed E-state index contributed by atoms with van der Waals surface area (Å²) < 4.78 is 4.53. The van der Waals surface area contributed by atoms with Gasteiger partial charge in [0, 0.05) is 21.5 Å². The molecule has 1 aliphatic rings. The van der Waals surface area contributed by atoms with Gasteiger partial charge in [-0.25, -0.2) is 4.79 Å². The molecule has 0 spiro atoms. The summed E-state index contributed by atoms with van der Waals surface area (Å²) in [6.07, 6.45) is 0.0986. The third-order valence-corrected chi connectivity index (χ3v) is 2.84. The van der Waals surface area contributed by atoms with E-state index in [0.717, 1.165) is 10.9 Å². The summed E-state index contributed by atoms with van der Waals surface area (Å²) in [4.78, 5) is 25.5. The topological polar surface area (TPSA) is 59.2 Å². The number of aromatic nitrogens is 1. The number of carbonyl (C=O) groups is 2. The summed E-state index contributed by atoms with van der Waals surface area (Å²) in [5.74, 6) is -1.16. The van der Waals surface area contributed by atoms with E-state index in [-0.39, 0.29) is 6.42 Å². The molecule has 4 nitrogen and oxygen atoms in total. The molecule has 0 radical (unpaired) electrons. The normalized spacial score (nSPS) is 15.1. The van der Waals surface area contributed by atoms with Crippen molar-refractivity contribution in [1.29, 1.82) is 0 Å². The zero-order valence-corrected chi connectivity index (χ0v) is 8.80. The molecule has 1 aliphatic heterocycles.